The minimum absolute atomic E-state index is 0.104. The first-order valence-electron chi connectivity index (χ1n) is 3.74. The summed E-state index contributed by atoms with van der Waals surface area (Å²) >= 11 is 0. The number of allylic oxidation sites excluding steroid dienone is 1. The van der Waals surface area contributed by atoms with Crippen LogP contribution < -0.4 is 0 Å². The van der Waals surface area contributed by atoms with Crippen LogP contribution in [0.4, 0.5) is 0 Å². The maximum Gasteiger partial charge on any atom is 0.309 e. The Morgan fingerprint density at radius 3 is 2.17 bits per heavy atom. The highest BCUT2D eigenvalue weighted by atomic mass is 16.7. The van der Waals surface area contributed by atoms with Gasteiger partial charge in [0.2, 0.25) is 0 Å². The molecule has 0 spiro atoms. The van der Waals surface area contributed by atoms with Gasteiger partial charge in [-0.05, 0) is 13.0 Å². The lowest BCUT2D eigenvalue weighted by Gasteiger charge is -2.09. The van der Waals surface area contributed by atoms with E-state index in [1.54, 1.807) is 13.0 Å². The van der Waals surface area contributed by atoms with E-state index in [1.807, 2.05) is 0 Å². The third-order valence-corrected chi connectivity index (χ3v) is 1.38. The SMILES string of the molecule is C/C=C/C1OC(=O)CCC(=O)O1. The molecule has 4 heteroatoms. The van der Waals surface area contributed by atoms with Crippen LogP contribution in [-0.2, 0) is 19.1 Å². The number of carbonyl (C=O) groups is 2. The molecule has 1 fully saturated rings. The molecule has 0 aromatic heterocycles. The Kier molecular flexibility index (Phi) is 2.85. The molecule has 0 aromatic carbocycles. The fraction of sp³-hybridized carbons (Fsp3) is 0.500. The van der Waals surface area contributed by atoms with Crippen molar-refractivity contribution < 1.29 is 19.1 Å². The maximum absolute atomic E-state index is 10.8. The average molecular weight is 170 g/mol. The Hall–Kier alpha value is -1.32. The summed E-state index contributed by atoms with van der Waals surface area (Å²) in [5.74, 6) is -0.798. The van der Waals surface area contributed by atoms with E-state index in [4.69, 9.17) is 9.47 Å². The number of ether oxygens (including phenoxy) is 2. The fourth-order valence-electron chi connectivity index (χ4n) is 0.841. The van der Waals surface area contributed by atoms with E-state index >= 15 is 0 Å². The number of carbonyl (C=O) groups excluding carboxylic acids is 2. The van der Waals surface area contributed by atoms with Crippen molar-refractivity contribution in [3.05, 3.63) is 12.2 Å². The van der Waals surface area contributed by atoms with Gasteiger partial charge in [-0.25, -0.2) is 0 Å². The maximum atomic E-state index is 10.8. The Morgan fingerprint density at radius 2 is 1.75 bits per heavy atom. The molecular formula is C8H10O4. The van der Waals surface area contributed by atoms with Crippen molar-refractivity contribution in [1.29, 1.82) is 0 Å². The zero-order chi connectivity index (χ0) is 8.97. The summed E-state index contributed by atoms with van der Waals surface area (Å²) < 4.78 is 9.51. The molecule has 0 radical (unpaired) electrons. The molecular weight excluding hydrogens is 160 g/mol. The van der Waals surface area contributed by atoms with Crippen molar-refractivity contribution in [2.45, 2.75) is 26.1 Å². The van der Waals surface area contributed by atoms with Crippen molar-refractivity contribution in [3.8, 4) is 0 Å². The molecule has 1 aliphatic heterocycles. The van der Waals surface area contributed by atoms with Gasteiger partial charge in [0.15, 0.2) is 0 Å². The Bertz CT molecular complexity index is 201. The van der Waals surface area contributed by atoms with Gasteiger partial charge in [-0.1, -0.05) is 6.08 Å². The van der Waals surface area contributed by atoms with Crippen molar-refractivity contribution >= 4 is 11.9 Å². The topological polar surface area (TPSA) is 52.6 Å². The molecule has 66 valence electrons. The molecule has 1 saturated heterocycles. The lowest BCUT2D eigenvalue weighted by molar-refractivity contribution is -0.171. The molecule has 1 aliphatic rings. The summed E-state index contributed by atoms with van der Waals surface area (Å²) in [6.07, 6.45) is 2.55. The third-order valence-electron chi connectivity index (χ3n) is 1.38. The van der Waals surface area contributed by atoms with Gasteiger partial charge < -0.3 is 9.47 Å². The normalized spacial score (nSPS) is 20.4. The van der Waals surface area contributed by atoms with E-state index in [2.05, 4.69) is 0 Å². The van der Waals surface area contributed by atoms with Gasteiger partial charge in [0, 0.05) is 0 Å². The Morgan fingerprint density at radius 1 is 1.25 bits per heavy atom. The van der Waals surface area contributed by atoms with Crippen LogP contribution in [0.2, 0.25) is 0 Å². The highest BCUT2D eigenvalue weighted by Gasteiger charge is 2.21. The van der Waals surface area contributed by atoms with Gasteiger partial charge in [-0.2, -0.15) is 0 Å². The number of esters is 2. The fourth-order valence-corrected chi connectivity index (χ4v) is 0.841. The molecule has 0 saturated carbocycles. The molecule has 0 aliphatic carbocycles. The summed E-state index contributed by atoms with van der Waals surface area (Å²) in [6, 6.07) is 0. The monoisotopic (exact) mass is 170 g/mol. The van der Waals surface area contributed by atoms with Gasteiger partial charge in [-0.15, -0.1) is 0 Å². The van der Waals surface area contributed by atoms with E-state index < -0.39 is 18.2 Å². The van der Waals surface area contributed by atoms with Crippen molar-refractivity contribution in [2.24, 2.45) is 0 Å². The van der Waals surface area contributed by atoms with E-state index in [-0.39, 0.29) is 12.8 Å². The number of hydrogen-bond donors (Lipinski definition) is 0. The highest BCUT2D eigenvalue weighted by molar-refractivity contribution is 5.79. The zero-order valence-electron chi connectivity index (χ0n) is 6.78. The average Bonchev–Trinajstić information content (AvgIpc) is 2.14. The summed E-state index contributed by atoms with van der Waals surface area (Å²) in [5.41, 5.74) is 0. The smallest absolute Gasteiger partial charge is 0.309 e. The summed E-state index contributed by atoms with van der Waals surface area (Å²) in [6.45, 7) is 1.76. The van der Waals surface area contributed by atoms with Crippen LogP contribution in [0.1, 0.15) is 19.8 Å². The molecule has 0 bridgehead atoms. The Labute approximate surface area is 70.1 Å². The minimum Gasteiger partial charge on any atom is -0.421 e. The van der Waals surface area contributed by atoms with Gasteiger partial charge in [0.1, 0.15) is 0 Å². The molecule has 1 heterocycles. The summed E-state index contributed by atoms with van der Waals surface area (Å²) in [4.78, 5) is 21.7. The predicted octanol–water partition coefficient (Wildman–Crippen LogP) is 0.769. The second kappa shape index (κ2) is 3.90. The van der Waals surface area contributed by atoms with Crippen molar-refractivity contribution in [3.63, 3.8) is 0 Å². The van der Waals surface area contributed by atoms with Crippen LogP contribution in [0, 0.1) is 0 Å². The third kappa shape index (κ3) is 2.38. The molecule has 0 N–H and O–H groups in total. The number of rotatable bonds is 1. The largest absolute Gasteiger partial charge is 0.421 e. The van der Waals surface area contributed by atoms with Gasteiger partial charge in [-0.3, -0.25) is 9.59 Å². The zero-order valence-corrected chi connectivity index (χ0v) is 6.78. The first kappa shape index (κ1) is 8.77. The van der Waals surface area contributed by atoms with E-state index in [0.29, 0.717) is 0 Å². The number of cyclic esters (lactones) is 2. The standard InChI is InChI=1S/C8H10O4/c1-2-3-8-11-6(9)4-5-7(10)12-8/h2-3,8H,4-5H2,1H3/b3-2+. The van der Waals surface area contributed by atoms with Crippen molar-refractivity contribution in [1.82, 2.24) is 0 Å². The first-order chi connectivity index (χ1) is 5.72. The molecule has 0 amide bonds. The van der Waals surface area contributed by atoms with E-state index in [1.165, 1.54) is 6.08 Å². The van der Waals surface area contributed by atoms with Gasteiger partial charge >= 0.3 is 11.9 Å². The molecule has 1 rings (SSSR count). The minimum atomic E-state index is -0.836. The molecule has 12 heavy (non-hydrogen) atoms. The van der Waals surface area contributed by atoms with E-state index in [9.17, 15) is 9.59 Å². The molecule has 0 aromatic rings. The van der Waals surface area contributed by atoms with E-state index in [0.717, 1.165) is 0 Å². The van der Waals surface area contributed by atoms with Crippen LogP contribution in [0.5, 0.6) is 0 Å². The van der Waals surface area contributed by atoms with Crippen molar-refractivity contribution in [2.75, 3.05) is 0 Å². The summed E-state index contributed by atoms with van der Waals surface area (Å²) in [5, 5.41) is 0. The lowest BCUT2D eigenvalue weighted by Crippen LogP contribution is -2.17. The van der Waals surface area contributed by atoms with Gasteiger partial charge in [0.25, 0.3) is 6.29 Å². The lowest BCUT2D eigenvalue weighted by atomic mass is 10.3. The van der Waals surface area contributed by atoms with Crippen LogP contribution in [0.15, 0.2) is 12.2 Å². The Balaban J connectivity index is 2.61. The second-order valence-electron chi connectivity index (χ2n) is 2.37. The predicted molar refractivity (Wildman–Crippen MR) is 40.0 cm³/mol. The molecule has 0 unspecified atom stereocenters. The molecule has 4 nitrogen and oxygen atoms in total. The summed E-state index contributed by atoms with van der Waals surface area (Å²) in [7, 11) is 0. The van der Waals surface area contributed by atoms with Crippen LogP contribution in [0.25, 0.3) is 0 Å². The highest BCUT2D eigenvalue weighted by Crippen LogP contribution is 2.09. The van der Waals surface area contributed by atoms with Crippen LogP contribution in [0.3, 0.4) is 0 Å². The number of hydrogen-bond acceptors (Lipinski definition) is 4. The van der Waals surface area contributed by atoms with Crippen LogP contribution in [-0.4, -0.2) is 18.2 Å². The second-order valence-corrected chi connectivity index (χ2v) is 2.37. The molecule has 0 atom stereocenters. The van der Waals surface area contributed by atoms with Gasteiger partial charge in [0.05, 0.1) is 12.8 Å². The first-order valence-corrected chi connectivity index (χ1v) is 3.74. The quantitative estimate of drug-likeness (QED) is 0.431. The van der Waals surface area contributed by atoms with Crippen LogP contribution >= 0.6 is 0 Å².